The summed E-state index contributed by atoms with van der Waals surface area (Å²) < 4.78 is 0. The summed E-state index contributed by atoms with van der Waals surface area (Å²) in [6.07, 6.45) is 2.24. The third-order valence-electron chi connectivity index (χ3n) is 3.36. The van der Waals surface area contributed by atoms with Crippen LogP contribution in [0.1, 0.15) is 19.3 Å². The third-order valence-corrected chi connectivity index (χ3v) is 4.63. The molecule has 4 nitrogen and oxygen atoms in total. The van der Waals surface area contributed by atoms with Crippen molar-refractivity contribution in [2.75, 3.05) is 5.75 Å². The van der Waals surface area contributed by atoms with Crippen molar-refractivity contribution in [2.24, 2.45) is 5.92 Å². The first-order valence-corrected chi connectivity index (χ1v) is 7.83. The van der Waals surface area contributed by atoms with Gasteiger partial charge in [-0.2, -0.15) is 0 Å². The molecule has 1 amide bonds. The average Bonchev–Trinajstić information content (AvgIpc) is 2.86. The van der Waals surface area contributed by atoms with Gasteiger partial charge in [0.2, 0.25) is 5.91 Å². The molecule has 0 aliphatic heterocycles. The Morgan fingerprint density at radius 1 is 1.30 bits per heavy atom. The van der Waals surface area contributed by atoms with E-state index in [1.807, 2.05) is 12.1 Å². The highest BCUT2D eigenvalue weighted by Gasteiger charge is 2.33. The molecule has 0 aromatic heterocycles. The number of aliphatic carboxylic acids is 1. The Bertz CT molecular complexity index is 492. The molecule has 1 fully saturated rings. The van der Waals surface area contributed by atoms with Gasteiger partial charge in [-0.25, -0.2) is 0 Å². The van der Waals surface area contributed by atoms with Crippen molar-refractivity contribution < 1.29 is 14.7 Å². The summed E-state index contributed by atoms with van der Waals surface area (Å²) in [6.45, 7) is 0. The Kier molecular flexibility index (Phi) is 5.31. The predicted molar refractivity (Wildman–Crippen MR) is 79.1 cm³/mol. The summed E-state index contributed by atoms with van der Waals surface area (Å²) in [7, 11) is 0. The van der Waals surface area contributed by atoms with Crippen molar-refractivity contribution in [3.05, 3.63) is 29.3 Å². The first-order valence-electron chi connectivity index (χ1n) is 6.47. The number of carbonyl (C=O) groups is 2. The van der Waals surface area contributed by atoms with Crippen LogP contribution in [0.4, 0.5) is 0 Å². The molecule has 0 unspecified atom stereocenters. The Labute approximate surface area is 126 Å². The third kappa shape index (κ3) is 4.15. The van der Waals surface area contributed by atoms with E-state index in [1.165, 1.54) is 11.8 Å². The molecular weight excluding hydrogens is 298 g/mol. The van der Waals surface area contributed by atoms with Crippen LogP contribution < -0.4 is 5.32 Å². The number of hydrogen-bond acceptors (Lipinski definition) is 3. The van der Waals surface area contributed by atoms with Crippen molar-refractivity contribution in [1.82, 2.24) is 5.32 Å². The average molecular weight is 314 g/mol. The van der Waals surface area contributed by atoms with Crippen molar-refractivity contribution in [3.63, 3.8) is 0 Å². The van der Waals surface area contributed by atoms with Crippen molar-refractivity contribution >= 4 is 35.2 Å². The summed E-state index contributed by atoms with van der Waals surface area (Å²) in [5.74, 6) is -1.11. The molecule has 2 atom stereocenters. The number of thioether (sulfide) groups is 1. The second-order valence-corrected chi connectivity index (χ2v) is 6.28. The molecule has 0 saturated heterocycles. The highest BCUT2D eigenvalue weighted by atomic mass is 35.5. The van der Waals surface area contributed by atoms with E-state index in [0.29, 0.717) is 11.4 Å². The second-order valence-electron chi connectivity index (χ2n) is 4.79. The van der Waals surface area contributed by atoms with Crippen LogP contribution in [0.2, 0.25) is 5.02 Å². The summed E-state index contributed by atoms with van der Waals surface area (Å²) >= 11 is 7.20. The lowest BCUT2D eigenvalue weighted by molar-refractivity contribution is -0.142. The predicted octanol–water partition coefficient (Wildman–Crippen LogP) is 2.80. The standard InChI is InChI=1S/C14H16ClNO3S/c15-9-4-6-10(7-5-9)20-8-13(17)16-12-3-1-2-11(12)14(18)19/h4-7,11-12H,1-3,8H2,(H,16,17)(H,18,19)/t11-,12+/m1/s1. The van der Waals surface area contributed by atoms with Gasteiger partial charge < -0.3 is 10.4 Å². The highest BCUT2D eigenvalue weighted by molar-refractivity contribution is 8.00. The van der Waals surface area contributed by atoms with Crippen LogP contribution >= 0.6 is 23.4 Å². The van der Waals surface area contributed by atoms with Gasteiger partial charge in [-0.05, 0) is 37.1 Å². The fourth-order valence-electron chi connectivity index (χ4n) is 2.36. The number of benzene rings is 1. The van der Waals surface area contributed by atoms with Crippen LogP contribution in [0, 0.1) is 5.92 Å². The van der Waals surface area contributed by atoms with Gasteiger partial charge in [0.05, 0.1) is 11.7 Å². The molecule has 0 heterocycles. The van der Waals surface area contributed by atoms with Gasteiger partial charge in [0, 0.05) is 16.0 Å². The topological polar surface area (TPSA) is 66.4 Å². The summed E-state index contributed by atoms with van der Waals surface area (Å²) in [4.78, 5) is 23.9. The molecule has 0 spiro atoms. The molecule has 20 heavy (non-hydrogen) atoms. The van der Waals surface area contributed by atoms with Gasteiger partial charge in [-0.1, -0.05) is 18.0 Å². The quantitative estimate of drug-likeness (QED) is 0.820. The van der Waals surface area contributed by atoms with E-state index in [-0.39, 0.29) is 17.7 Å². The molecular formula is C14H16ClNO3S. The summed E-state index contributed by atoms with van der Waals surface area (Å²) in [6, 6.07) is 7.04. The minimum atomic E-state index is -0.821. The normalized spacial score (nSPS) is 21.6. The molecule has 0 bridgehead atoms. The van der Waals surface area contributed by atoms with Crippen LogP contribution in [0.15, 0.2) is 29.2 Å². The summed E-state index contributed by atoms with van der Waals surface area (Å²) in [5.41, 5.74) is 0. The molecule has 1 aliphatic rings. The van der Waals surface area contributed by atoms with Crippen LogP contribution in [0.25, 0.3) is 0 Å². The monoisotopic (exact) mass is 313 g/mol. The fraction of sp³-hybridized carbons (Fsp3) is 0.429. The number of carboxylic acid groups (broad SMARTS) is 1. The van der Waals surface area contributed by atoms with Gasteiger partial charge >= 0.3 is 5.97 Å². The Morgan fingerprint density at radius 3 is 2.65 bits per heavy atom. The van der Waals surface area contributed by atoms with E-state index < -0.39 is 11.9 Å². The number of nitrogens with one attached hydrogen (secondary N) is 1. The number of rotatable bonds is 5. The zero-order valence-electron chi connectivity index (χ0n) is 10.8. The Hall–Kier alpha value is -1.20. The summed E-state index contributed by atoms with van der Waals surface area (Å²) in [5, 5.41) is 12.5. The SMILES string of the molecule is O=C(CSc1ccc(Cl)cc1)N[C@H]1CCC[C@H]1C(=O)O. The van der Waals surface area contributed by atoms with Crippen LogP contribution in [0.5, 0.6) is 0 Å². The maximum Gasteiger partial charge on any atom is 0.308 e. The lowest BCUT2D eigenvalue weighted by Crippen LogP contribution is -2.40. The Balaban J connectivity index is 1.80. The molecule has 1 aliphatic carbocycles. The molecule has 0 radical (unpaired) electrons. The number of carboxylic acids is 1. The second kappa shape index (κ2) is 6.99. The smallest absolute Gasteiger partial charge is 0.308 e. The van der Waals surface area contributed by atoms with Crippen molar-refractivity contribution in [2.45, 2.75) is 30.2 Å². The van der Waals surface area contributed by atoms with E-state index in [2.05, 4.69) is 5.32 Å². The van der Waals surface area contributed by atoms with E-state index in [9.17, 15) is 9.59 Å². The minimum absolute atomic E-state index is 0.122. The first kappa shape index (κ1) is 15.2. The molecule has 1 aromatic rings. The van der Waals surface area contributed by atoms with E-state index in [1.54, 1.807) is 12.1 Å². The van der Waals surface area contributed by atoms with Gasteiger partial charge in [0.1, 0.15) is 0 Å². The van der Waals surface area contributed by atoms with Crippen molar-refractivity contribution in [1.29, 1.82) is 0 Å². The Morgan fingerprint density at radius 2 is 2.00 bits per heavy atom. The molecule has 2 rings (SSSR count). The van der Waals surface area contributed by atoms with Gasteiger partial charge in [0.25, 0.3) is 0 Å². The van der Waals surface area contributed by atoms with Gasteiger partial charge in [-0.3, -0.25) is 9.59 Å². The number of halogens is 1. The van der Waals surface area contributed by atoms with Gasteiger partial charge in [0.15, 0.2) is 0 Å². The lowest BCUT2D eigenvalue weighted by Gasteiger charge is -2.17. The van der Waals surface area contributed by atoms with E-state index in [4.69, 9.17) is 16.7 Å². The van der Waals surface area contributed by atoms with Crippen molar-refractivity contribution in [3.8, 4) is 0 Å². The van der Waals surface area contributed by atoms with E-state index in [0.717, 1.165) is 17.7 Å². The molecule has 1 saturated carbocycles. The fourth-order valence-corrected chi connectivity index (χ4v) is 3.19. The maximum atomic E-state index is 11.9. The molecule has 2 N–H and O–H groups in total. The molecule has 1 aromatic carbocycles. The number of carbonyl (C=O) groups excluding carboxylic acids is 1. The van der Waals surface area contributed by atoms with Crippen LogP contribution in [0.3, 0.4) is 0 Å². The lowest BCUT2D eigenvalue weighted by atomic mass is 10.0. The van der Waals surface area contributed by atoms with Crippen LogP contribution in [-0.4, -0.2) is 28.8 Å². The highest BCUT2D eigenvalue weighted by Crippen LogP contribution is 2.26. The first-order chi connectivity index (χ1) is 9.56. The maximum absolute atomic E-state index is 11.9. The molecule has 6 heteroatoms. The zero-order valence-corrected chi connectivity index (χ0v) is 12.4. The number of hydrogen-bond donors (Lipinski definition) is 2. The largest absolute Gasteiger partial charge is 0.481 e. The van der Waals surface area contributed by atoms with Crippen LogP contribution in [-0.2, 0) is 9.59 Å². The van der Waals surface area contributed by atoms with Gasteiger partial charge in [-0.15, -0.1) is 11.8 Å². The van der Waals surface area contributed by atoms with E-state index >= 15 is 0 Å². The number of amides is 1. The molecule has 108 valence electrons. The zero-order chi connectivity index (χ0) is 14.5. The minimum Gasteiger partial charge on any atom is -0.481 e.